The number of pyridine rings is 1. The fourth-order valence-corrected chi connectivity index (χ4v) is 5.35. The van der Waals surface area contributed by atoms with Crippen molar-refractivity contribution in [1.29, 1.82) is 0 Å². The number of nitrogen functional groups attached to an aromatic ring is 1. The summed E-state index contributed by atoms with van der Waals surface area (Å²) in [6.07, 6.45) is 5.27. The summed E-state index contributed by atoms with van der Waals surface area (Å²) in [5, 5.41) is 15.5. The van der Waals surface area contributed by atoms with Crippen LogP contribution in [0.3, 0.4) is 0 Å². The number of aromatic nitrogens is 3. The number of nitrogens with two attached hydrogens (primary N) is 1. The molecule has 1 unspecified atom stereocenters. The van der Waals surface area contributed by atoms with Gasteiger partial charge in [0.15, 0.2) is 11.6 Å². The highest BCUT2D eigenvalue weighted by Crippen LogP contribution is 2.37. The van der Waals surface area contributed by atoms with Crippen molar-refractivity contribution < 1.29 is 23.6 Å². The summed E-state index contributed by atoms with van der Waals surface area (Å²) < 4.78 is 27.2. The van der Waals surface area contributed by atoms with E-state index in [-0.39, 0.29) is 39.1 Å². The smallest absolute Gasteiger partial charge is 0.415 e. The number of rotatable bonds is 7. The molecule has 1 aliphatic heterocycles. The van der Waals surface area contributed by atoms with E-state index in [2.05, 4.69) is 10.1 Å². The SMILES string of the molecule is CC(Oc1cc(-c2cnn(C3CCN(C(=O)Oc4ccc([N+](=O)[O-])cc4)CC3)c2)cnc1N)c1c(Cl)ccc(F)c1Cl. The van der Waals surface area contributed by atoms with Crippen LogP contribution in [-0.4, -0.2) is 43.8 Å². The molecule has 1 aliphatic rings. The van der Waals surface area contributed by atoms with Gasteiger partial charge in [0.2, 0.25) is 0 Å². The van der Waals surface area contributed by atoms with E-state index >= 15 is 0 Å². The number of ether oxygens (including phenoxy) is 2. The van der Waals surface area contributed by atoms with E-state index in [1.54, 1.807) is 30.3 Å². The molecule has 11 nitrogen and oxygen atoms in total. The number of anilines is 1. The average Bonchev–Trinajstić information content (AvgIpc) is 3.47. The van der Waals surface area contributed by atoms with Crippen LogP contribution >= 0.6 is 23.2 Å². The molecule has 0 saturated carbocycles. The first-order chi connectivity index (χ1) is 20.1. The number of nitro benzene ring substituents is 1. The van der Waals surface area contributed by atoms with Gasteiger partial charge in [-0.3, -0.25) is 14.8 Å². The van der Waals surface area contributed by atoms with Crippen molar-refractivity contribution in [1.82, 2.24) is 19.7 Å². The summed E-state index contributed by atoms with van der Waals surface area (Å²) in [6, 6.07) is 9.72. The number of hydrogen-bond donors (Lipinski definition) is 1. The van der Waals surface area contributed by atoms with Gasteiger partial charge in [0.1, 0.15) is 17.7 Å². The number of halogens is 3. The molecule has 1 amide bonds. The molecule has 0 aliphatic carbocycles. The van der Waals surface area contributed by atoms with Gasteiger partial charge >= 0.3 is 6.09 Å². The topological polar surface area (TPSA) is 139 Å². The van der Waals surface area contributed by atoms with Crippen LogP contribution in [0.15, 0.2) is 61.1 Å². The number of nitrogens with zero attached hydrogens (tertiary/aromatic N) is 5. The van der Waals surface area contributed by atoms with Gasteiger partial charge < -0.3 is 20.1 Å². The highest BCUT2D eigenvalue weighted by Gasteiger charge is 2.26. The lowest BCUT2D eigenvalue weighted by Gasteiger charge is -2.31. The van der Waals surface area contributed by atoms with Crippen LogP contribution in [0.25, 0.3) is 11.1 Å². The first-order valence-electron chi connectivity index (χ1n) is 12.9. The van der Waals surface area contributed by atoms with E-state index in [4.69, 9.17) is 38.4 Å². The maximum Gasteiger partial charge on any atom is 0.415 e. The van der Waals surface area contributed by atoms with Crippen molar-refractivity contribution in [2.45, 2.75) is 31.9 Å². The van der Waals surface area contributed by atoms with Crippen molar-refractivity contribution in [2.24, 2.45) is 0 Å². The van der Waals surface area contributed by atoms with Gasteiger partial charge in [-0.1, -0.05) is 23.2 Å². The molecule has 2 aromatic carbocycles. The number of amides is 1. The normalized spacial score (nSPS) is 14.4. The second-order valence-corrected chi connectivity index (χ2v) is 10.5. The third-order valence-electron chi connectivity index (χ3n) is 6.96. The van der Waals surface area contributed by atoms with Gasteiger partial charge in [0.25, 0.3) is 5.69 Å². The van der Waals surface area contributed by atoms with Gasteiger partial charge in [0, 0.05) is 59.3 Å². The molecule has 0 spiro atoms. The van der Waals surface area contributed by atoms with Crippen molar-refractivity contribution in [3.8, 4) is 22.6 Å². The molecule has 3 heterocycles. The molecule has 14 heteroatoms. The lowest BCUT2D eigenvalue weighted by atomic mass is 10.1. The molecule has 5 rings (SSSR count). The minimum Gasteiger partial charge on any atom is -0.482 e. The minimum atomic E-state index is -0.708. The molecule has 42 heavy (non-hydrogen) atoms. The zero-order valence-corrected chi connectivity index (χ0v) is 23.8. The second kappa shape index (κ2) is 12.2. The first-order valence-corrected chi connectivity index (χ1v) is 13.7. The number of carbonyl (C=O) groups excluding carboxylic acids is 1. The standard InChI is InChI=1S/C28H25Cl2FN6O5/c1-16(25-22(29)6-7-23(31)26(25)30)41-24-12-17(13-33-27(24)32)18-14-34-36(15-18)19-8-10-35(11-9-19)28(38)42-21-4-2-20(3-5-21)37(39)40/h2-7,12-16,19H,8-11H2,1H3,(H2,32,33). The Bertz CT molecular complexity index is 1630. The van der Waals surface area contributed by atoms with E-state index in [1.807, 2.05) is 10.9 Å². The molecule has 0 radical (unpaired) electrons. The van der Waals surface area contributed by atoms with Crippen LogP contribution in [0.2, 0.25) is 10.0 Å². The predicted molar refractivity (Wildman–Crippen MR) is 154 cm³/mol. The number of non-ortho nitro benzene ring substituents is 1. The Labute approximate surface area is 249 Å². The Morgan fingerprint density at radius 2 is 1.86 bits per heavy atom. The number of hydrogen-bond acceptors (Lipinski definition) is 8. The van der Waals surface area contributed by atoms with Crippen molar-refractivity contribution in [2.75, 3.05) is 18.8 Å². The van der Waals surface area contributed by atoms with Crippen LogP contribution in [0.1, 0.15) is 37.5 Å². The van der Waals surface area contributed by atoms with E-state index < -0.39 is 22.9 Å². The van der Waals surface area contributed by atoms with Crippen molar-refractivity contribution in [3.05, 3.63) is 92.6 Å². The van der Waals surface area contributed by atoms with Crippen LogP contribution in [-0.2, 0) is 0 Å². The predicted octanol–water partition coefficient (Wildman–Crippen LogP) is 6.86. The van der Waals surface area contributed by atoms with Crippen LogP contribution in [0.4, 0.5) is 20.7 Å². The monoisotopic (exact) mass is 614 g/mol. The van der Waals surface area contributed by atoms with Gasteiger partial charge in [-0.05, 0) is 50.1 Å². The van der Waals surface area contributed by atoms with E-state index in [0.29, 0.717) is 37.1 Å². The zero-order valence-electron chi connectivity index (χ0n) is 22.2. The zero-order chi connectivity index (χ0) is 30.0. The van der Waals surface area contributed by atoms with Crippen LogP contribution in [0.5, 0.6) is 11.5 Å². The maximum absolute atomic E-state index is 14.0. The molecule has 2 aromatic heterocycles. The summed E-state index contributed by atoms with van der Waals surface area (Å²) in [7, 11) is 0. The molecule has 1 atom stereocenters. The second-order valence-electron chi connectivity index (χ2n) is 9.67. The Hall–Kier alpha value is -4.42. The molecular formula is C28H25Cl2FN6O5. The Morgan fingerprint density at radius 3 is 2.55 bits per heavy atom. The summed E-state index contributed by atoms with van der Waals surface area (Å²) >= 11 is 12.4. The fraction of sp³-hybridized carbons (Fsp3) is 0.250. The molecular weight excluding hydrogens is 590 g/mol. The van der Waals surface area contributed by atoms with E-state index in [0.717, 1.165) is 5.56 Å². The lowest BCUT2D eigenvalue weighted by molar-refractivity contribution is -0.384. The number of carbonyl (C=O) groups is 1. The molecule has 4 aromatic rings. The number of nitro groups is 1. The molecule has 2 N–H and O–H groups in total. The van der Waals surface area contributed by atoms with Crippen molar-refractivity contribution in [3.63, 3.8) is 0 Å². The third kappa shape index (κ3) is 6.24. The fourth-order valence-electron chi connectivity index (χ4n) is 4.67. The Kier molecular flexibility index (Phi) is 8.46. The maximum atomic E-state index is 14.0. The average molecular weight is 615 g/mol. The number of piperidine rings is 1. The Balaban J connectivity index is 1.22. The largest absolute Gasteiger partial charge is 0.482 e. The molecule has 0 bridgehead atoms. The van der Waals surface area contributed by atoms with E-state index in [9.17, 15) is 19.3 Å². The third-order valence-corrected chi connectivity index (χ3v) is 7.67. The van der Waals surface area contributed by atoms with Crippen LogP contribution in [0, 0.1) is 15.9 Å². The quantitative estimate of drug-likeness (QED) is 0.135. The number of benzene rings is 2. The van der Waals surface area contributed by atoms with Crippen LogP contribution < -0.4 is 15.2 Å². The summed E-state index contributed by atoms with van der Waals surface area (Å²) in [5.74, 6) is 0.0611. The number of likely N-dealkylation sites (tertiary alicyclic amines) is 1. The molecule has 1 fully saturated rings. The molecule has 1 saturated heterocycles. The highest BCUT2D eigenvalue weighted by molar-refractivity contribution is 6.36. The lowest BCUT2D eigenvalue weighted by Crippen LogP contribution is -2.40. The first kappa shape index (κ1) is 29.1. The summed E-state index contributed by atoms with van der Waals surface area (Å²) in [6.45, 7) is 2.59. The molecule has 218 valence electrons. The highest BCUT2D eigenvalue weighted by atomic mass is 35.5. The van der Waals surface area contributed by atoms with Gasteiger partial charge in [-0.2, -0.15) is 5.10 Å². The van der Waals surface area contributed by atoms with Gasteiger partial charge in [-0.25, -0.2) is 14.2 Å². The van der Waals surface area contributed by atoms with E-state index in [1.165, 1.54) is 36.4 Å². The summed E-state index contributed by atoms with van der Waals surface area (Å²) in [5.41, 5.74) is 7.77. The van der Waals surface area contributed by atoms with Gasteiger partial charge in [0.05, 0.1) is 22.2 Å². The summed E-state index contributed by atoms with van der Waals surface area (Å²) in [4.78, 5) is 28.7. The van der Waals surface area contributed by atoms with Crippen molar-refractivity contribution >= 4 is 40.8 Å². The minimum absolute atomic E-state index is 0.0527. The van der Waals surface area contributed by atoms with Gasteiger partial charge in [-0.15, -0.1) is 0 Å². The Morgan fingerprint density at radius 1 is 1.14 bits per heavy atom.